The minimum absolute atomic E-state index is 0.00629. The third kappa shape index (κ3) is 15.7. The molecule has 3 heteroatoms. The molecule has 0 bridgehead atoms. The van der Waals surface area contributed by atoms with Gasteiger partial charge in [0, 0.05) is 11.8 Å². The predicted octanol–water partition coefficient (Wildman–Crippen LogP) is 10.4. The largest absolute Gasteiger partial charge is 0.393 e. The van der Waals surface area contributed by atoms with Crippen LogP contribution in [0.15, 0.2) is 119 Å². The summed E-state index contributed by atoms with van der Waals surface area (Å²) in [5.74, 6) is 0.256. The van der Waals surface area contributed by atoms with Crippen LogP contribution in [-0.4, -0.2) is 22.8 Å². The van der Waals surface area contributed by atoms with Crippen molar-refractivity contribution >= 4 is 11.6 Å². The molecule has 1 aliphatic carbocycles. The van der Waals surface area contributed by atoms with Crippen LogP contribution in [0.4, 0.5) is 0 Å². The second kappa shape index (κ2) is 18.4. The lowest BCUT2D eigenvalue weighted by molar-refractivity contribution is -0.123. The van der Waals surface area contributed by atoms with E-state index in [1.54, 1.807) is 13.0 Å². The fourth-order valence-electron chi connectivity index (χ4n) is 5.07. The van der Waals surface area contributed by atoms with Crippen molar-refractivity contribution in [3.63, 3.8) is 0 Å². The van der Waals surface area contributed by atoms with E-state index in [4.69, 9.17) is 0 Å². The summed E-state index contributed by atoms with van der Waals surface area (Å²) in [6.45, 7) is 20.2. The van der Waals surface area contributed by atoms with E-state index < -0.39 is 5.41 Å². The van der Waals surface area contributed by atoms with Crippen LogP contribution in [0.5, 0.6) is 0 Å². The Balaban J connectivity index is 2.63. The Morgan fingerprint density at radius 3 is 1.79 bits per heavy atom. The van der Waals surface area contributed by atoms with Gasteiger partial charge in [0.2, 0.25) is 0 Å². The molecule has 1 rings (SSSR count). The smallest absolute Gasteiger partial charge is 0.161 e. The lowest BCUT2D eigenvalue weighted by Crippen LogP contribution is -2.28. The molecular formula is C40H56O3. The lowest BCUT2D eigenvalue weighted by Gasteiger charge is -2.35. The zero-order chi connectivity index (χ0) is 32.6. The molecule has 43 heavy (non-hydrogen) atoms. The molecule has 0 saturated heterocycles. The Labute approximate surface area is 262 Å². The summed E-state index contributed by atoms with van der Waals surface area (Å²) in [6, 6.07) is 0. The fourth-order valence-corrected chi connectivity index (χ4v) is 5.07. The Morgan fingerprint density at radius 2 is 1.28 bits per heavy atom. The van der Waals surface area contributed by atoms with E-state index >= 15 is 0 Å². The van der Waals surface area contributed by atoms with E-state index in [0.717, 1.165) is 36.0 Å². The summed E-state index contributed by atoms with van der Waals surface area (Å²) in [5, 5.41) is 10.1. The number of carbonyl (C=O) groups is 2. The average Bonchev–Trinajstić information content (AvgIpc) is 2.88. The van der Waals surface area contributed by atoms with Crippen LogP contribution in [0.25, 0.3) is 0 Å². The van der Waals surface area contributed by atoms with Gasteiger partial charge in [0.1, 0.15) is 5.78 Å². The van der Waals surface area contributed by atoms with Gasteiger partial charge in [-0.1, -0.05) is 135 Å². The van der Waals surface area contributed by atoms with Gasteiger partial charge >= 0.3 is 0 Å². The Morgan fingerprint density at radius 1 is 0.791 bits per heavy atom. The lowest BCUT2D eigenvalue weighted by atomic mass is 9.71. The number of Topliss-reactive ketones (excluding diaryl/α,β-unsaturated/α-hetero) is 1. The first-order chi connectivity index (χ1) is 20.0. The van der Waals surface area contributed by atoms with Crippen molar-refractivity contribution in [2.75, 3.05) is 0 Å². The van der Waals surface area contributed by atoms with Gasteiger partial charge < -0.3 is 9.90 Å². The predicted molar refractivity (Wildman–Crippen MR) is 186 cm³/mol. The first-order valence-corrected chi connectivity index (χ1v) is 15.5. The summed E-state index contributed by atoms with van der Waals surface area (Å²) in [6.07, 6.45) is 31.7. The van der Waals surface area contributed by atoms with Crippen LogP contribution < -0.4 is 0 Å². The molecule has 0 aromatic carbocycles. The molecular weight excluding hydrogens is 528 g/mol. The van der Waals surface area contributed by atoms with Crippen LogP contribution >= 0.6 is 0 Å². The quantitative estimate of drug-likeness (QED) is 0.154. The molecule has 1 aliphatic rings. The highest BCUT2D eigenvalue weighted by atomic mass is 16.3. The van der Waals surface area contributed by atoms with Gasteiger partial charge in [-0.2, -0.15) is 0 Å². The number of allylic oxidation sites excluding steroid dienone is 19. The minimum Gasteiger partial charge on any atom is -0.393 e. The van der Waals surface area contributed by atoms with Crippen molar-refractivity contribution in [3.8, 4) is 0 Å². The molecule has 0 aromatic rings. The summed E-state index contributed by atoms with van der Waals surface area (Å²) in [7, 11) is 0. The van der Waals surface area contributed by atoms with Crippen LogP contribution in [0.1, 0.15) is 101 Å². The Hall–Kier alpha value is -3.30. The van der Waals surface area contributed by atoms with E-state index in [2.05, 4.69) is 84.1 Å². The Kier molecular flexibility index (Phi) is 16.1. The van der Waals surface area contributed by atoms with Crippen LogP contribution in [-0.2, 0) is 9.59 Å². The number of hydrogen-bond donors (Lipinski definition) is 1. The maximum absolute atomic E-state index is 12.6. The molecule has 0 fully saturated rings. The third-order valence-electron chi connectivity index (χ3n) is 7.75. The van der Waals surface area contributed by atoms with E-state index in [-0.39, 0.29) is 23.1 Å². The van der Waals surface area contributed by atoms with Gasteiger partial charge in [-0.3, -0.25) is 4.79 Å². The van der Waals surface area contributed by atoms with E-state index in [0.29, 0.717) is 12.8 Å². The minimum atomic E-state index is -0.459. The molecule has 0 radical (unpaired) electrons. The molecule has 1 N–H and O–H groups in total. The monoisotopic (exact) mass is 584 g/mol. The van der Waals surface area contributed by atoms with Gasteiger partial charge in [0.25, 0.3) is 0 Å². The van der Waals surface area contributed by atoms with Crippen molar-refractivity contribution in [2.24, 2.45) is 10.8 Å². The number of rotatable bonds is 15. The van der Waals surface area contributed by atoms with Gasteiger partial charge in [-0.15, -0.1) is 0 Å². The maximum Gasteiger partial charge on any atom is 0.161 e. The van der Waals surface area contributed by atoms with E-state index in [9.17, 15) is 14.7 Å². The molecule has 0 saturated carbocycles. The van der Waals surface area contributed by atoms with Crippen LogP contribution in [0.3, 0.4) is 0 Å². The van der Waals surface area contributed by atoms with E-state index in [1.165, 1.54) is 16.7 Å². The summed E-state index contributed by atoms with van der Waals surface area (Å²) >= 11 is 0. The standard InChI is InChI=1S/C40H56O3/c1-30(18-13-20-32(3)23-25-37-34(5)28-36(42)29-40(37,9)10)16-11-12-17-31(2)19-14-21-33(4)24-26-38(43)39(7,8)27-15-22-35(6)41/h11-14,16-21,23-26,36,42H,15,22,27-29H2,1-10H3/b12-11+,18-13+,19-14+,25-23+,26-24+,30-16+,31-17+,32-20+,33-21+/t36-/m0/s1. The highest BCUT2D eigenvalue weighted by Crippen LogP contribution is 2.41. The van der Waals surface area contributed by atoms with Crippen molar-refractivity contribution in [1.82, 2.24) is 0 Å². The second-order valence-electron chi connectivity index (χ2n) is 13.4. The van der Waals surface area contributed by atoms with Gasteiger partial charge in [0.05, 0.1) is 6.10 Å². The molecule has 0 aliphatic heterocycles. The molecule has 0 unspecified atom stereocenters. The van der Waals surface area contributed by atoms with Gasteiger partial charge in [-0.05, 0) is 84.3 Å². The normalized spacial score (nSPS) is 19.7. The van der Waals surface area contributed by atoms with Crippen molar-refractivity contribution in [1.29, 1.82) is 0 Å². The first-order valence-electron chi connectivity index (χ1n) is 15.5. The summed E-state index contributed by atoms with van der Waals surface area (Å²) in [4.78, 5) is 23.7. The number of aliphatic hydroxyl groups is 1. The topological polar surface area (TPSA) is 54.4 Å². The molecule has 1 atom stereocenters. The number of carbonyl (C=O) groups excluding carboxylic acids is 2. The zero-order valence-corrected chi connectivity index (χ0v) is 28.5. The van der Waals surface area contributed by atoms with E-state index in [1.807, 2.05) is 57.2 Å². The number of aliphatic hydroxyl groups excluding tert-OH is 1. The van der Waals surface area contributed by atoms with Crippen LogP contribution in [0, 0.1) is 10.8 Å². The van der Waals surface area contributed by atoms with Crippen molar-refractivity contribution < 1.29 is 14.7 Å². The fraction of sp³-hybridized carbons (Fsp3) is 0.450. The molecule has 0 heterocycles. The maximum atomic E-state index is 12.6. The number of ketones is 2. The third-order valence-corrected chi connectivity index (χ3v) is 7.75. The van der Waals surface area contributed by atoms with Crippen molar-refractivity contribution in [3.05, 3.63) is 119 Å². The van der Waals surface area contributed by atoms with Gasteiger partial charge in [-0.25, -0.2) is 0 Å². The van der Waals surface area contributed by atoms with Gasteiger partial charge in [0.15, 0.2) is 5.78 Å². The molecule has 0 aromatic heterocycles. The average molecular weight is 585 g/mol. The SMILES string of the molecule is CC(=O)CCCC(C)(C)C(=O)/C=C/C(C)=C/C=C/C(C)=C/C=C/C=C(C)/C=C/C=C(C)/C=C/C1=C(C)C[C@H](O)CC1(C)C. The molecule has 3 nitrogen and oxygen atoms in total. The van der Waals surface area contributed by atoms with Crippen LogP contribution in [0.2, 0.25) is 0 Å². The summed E-state index contributed by atoms with van der Waals surface area (Å²) < 4.78 is 0. The number of hydrogen-bond acceptors (Lipinski definition) is 3. The molecule has 234 valence electrons. The second-order valence-corrected chi connectivity index (χ2v) is 13.4. The highest BCUT2D eigenvalue weighted by Gasteiger charge is 2.31. The molecule has 0 spiro atoms. The van der Waals surface area contributed by atoms with Crippen molar-refractivity contribution in [2.45, 2.75) is 107 Å². The first kappa shape index (κ1) is 37.7. The zero-order valence-electron chi connectivity index (χ0n) is 28.5. The highest BCUT2D eigenvalue weighted by molar-refractivity contribution is 5.94. The summed E-state index contributed by atoms with van der Waals surface area (Å²) in [5.41, 5.74) is 6.62. The Bertz CT molecular complexity index is 1280. The molecule has 0 amide bonds.